The summed E-state index contributed by atoms with van der Waals surface area (Å²) in [4.78, 5) is 37.3. The lowest BCUT2D eigenvalue weighted by atomic mass is 10.3. The van der Waals surface area contributed by atoms with Gasteiger partial charge in [-0.25, -0.2) is 9.69 Å². The van der Waals surface area contributed by atoms with E-state index in [0.29, 0.717) is 5.69 Å². The van der Waals surface area contributed by atoms with Crippen molar-refractivity contribution >= 4 is 23.5 Å². The first-order chi connectivity index (χ1) is 8.04. The standard InChI is InChI=1S/C12H12N2O3/c1-8(2)13-10(15)11(16)14(12(13)17)9-6-4-3-5-7-9/h3-8H,1-2H3. The maximum absolute atomic E-state index is 12.0. The molecule has 1 aliphatic rings. The van der Waals surface area contributed by atoms with Crippen molar-refractivity contribution in [1.82, 2.24) is 4.90 Å². The molecule has 0 aromatic heterocycles. The molecule has 4 amide bonds. The van der Waals surface area contributed by atoms with E-state index in [9.17, 15) is 14.4 Å². The van der Waals surface area contributed by atoms with Crippen LogP contribution in [0.5, 0.6) is 0 Å². The third-order valence-electron chi connectivity index (χ3n) is 2.53. The number of imide groups is 2. The molecule has 0 saturated carbocycles. The second-order valence-corrected chi connectivity index (χ2v) is 4.03. The number of carbonyl (C=O) groups is 3. The van der Waals surface area contributed by atoms with Gasteiger partial charge >= 0.3 is 17.8 Å². The van der Waals surface area contributed by atoms with Gasteiger partial charge in [0.2, 0.25) is 0 Å². The number of anilines is 1. The highest BCUT2D eigenvalue weighted by atomic mass is 16.2. The van der Waals surface area contributed by atoms with Crippen LogP contribution in [0.25, 0.3) is 0 Å². The fraction of sp³-hybridized carbons (Fsp3) is 0.250. The summed E-state index contributed by atoms with van der Waals surface area (Å²) in [5.74, 6) is -1.57. The molecule has 1 saturated heterocycles. The second-order valence-electron chi connectivity index (χ2n) is 4.03. The van der Waals surface area contributed by atoms with Crippen LogP contribution in [0.15, 0.2) is 30.3 Å². The van der Waals surface area contributed by atoms with Crippen molar-refractivity contribution in [3.63, 3.8) is 0 Å². The predicted octanol–water partition coefficient (Wildman–Crippen LogP) is 1.39. The summed E-state index contributed by atoms with van der Waals surface area (Å²) < 4.78 is 0. The monoisotopic (exact) mass is 232 g/mol. The summed E-state index contributed by atoms with van der Waals surface area (Å²) in [6.45, 7) is 3.38. The molecule has 17 heavy (non-hydrogen) atoms. The maximum atomic E-state index is 12.0. The quantitative estimate of drug-likeness (QED) is 0.572. The maximum Gasteiger partial charge on any atom is 0.339 e. The van der Waals surface area contributed by atoms with Crippen molar-refractivity contribution in [1.29, 1.82) is 0 Å². The molecule has 1 aliphatic heterocycles. The molecule has 2 rings (SSSR count). The number of urea groups is 1. The SMILES string of the molecule is CC(C)N1C(=O)C(=O)N(c2ccccc2)C1=O. The number of hydrogen-bond acceptors (Lipinski definition) is 3. The van der Waals surface area contributed by atoms with Gasteiger partial charge < -0.3 is 0 Å². The summed E-state index contributed by atoms with van der Waals surface area (Å²) in [7, 11) is 0. The summed E-state index contributed by atoms with van der Waals surface area (Å²) >= 11 is 0. The van der Waals surface area contributed by atoms with Crippen molar-refractivity contribution in [3.8, 4) is 0 Å². The Balaban J connectivity index is 2.41. The van der Waals surface area contributed by atoms with Gasteiger partial charge in [0, 0.05) is 6.04 Å². The van der Waals surface area contributed by atoms with E-state index in [4.69, 9.17) is 0 Å². The fourth-order valence-corrected chi connectivity index (χ4v) is 1.74. The lowest BCUT2D eigenvalue weighted by Gasteiger charge is -2.18. The highest BCUT2D eigenvalue weighted by Gasteiger charge is 2.46. The molecule has 5 heteroatoms. The highest BCUT2D eigenvalue weighted by Crippen LogP contribution is 2.22. The Kier molecular flexibility index (Phi) is 2.67. The van der Waals surface area contributed by atoms with Gasteiger partial charge in [-0.3, -0.25) is 14.5 Å². The lowest BCUT2D eigenvalue weighted by Crippen LogP contribution is -2.38. The van der Waals surface area contributed by atoms with Crippen LogP contribution in [0.3, 0.4) is 0 Å². The molecule has 1 aromatic carbocycles. The Morgan fingerprint density at radius 2 is 1.53 bits per heavy atom. The number of amides is 4. The van der Waals surface area contributed by atoms with E-state index in [1.807, 2.05) is 0 Å². The van der Waals surface area contributed by atoms with E-state index >= 15 is 0 Å². The molecule has 0 aliphatic carbocycles. The van der Waals surface area contributed by atoms with Gasteiger partial charge in [-0.05, 0) is 26.0 Å². The normalized spacial score (nSPS) is 16.3. The Labute approximate surface area is 98.6 Å². The molecule has 88 valence electrons. The average Bonchev–Trinajstić information content (AvgIpc) is 2.51. The van der Waals surface area contributed by atoms with E-state index in [-0.39, 0.29) is 6.04 Å². The number of rotatable bonds is 2. The summed E-state index contributed by atoms with van der Waals surface area (Å²) in [5, 5.41) is 0. The molecule has 0 unspecified atom stereocenters. The summed E-state index contributed by atoms with van der Waals surface area (Å²) in [6, 6.07) is 7.52. The predicted molar refractivity (Wildman–Crippen MR) is 61.3 cm³/mol. The van der Waals surface area contributed by atoms with Crippen LogP contribution in [-0.2, 0) is 9.59 Å². The molecule has 5 nitrogen and oxygen atoms in total. The average molecular weight is 232 g/mol. The highest BCUT2D eigenvalue weighted by molar-refractivity contribution is 6.52. The van der Waals surface area contributed by atoms with E-state index in [1.54, 1.807) is 44.2 Å². The van der Waals surface area contributed by atoms with Crippen LogP contribution in [0, 0.1) is 0 Å². The topological polar surface area (TPSA) is 57.7 Å². The van der Waals surface area contributed by atoms with Crippen molar-refractivity contribution in [2.24, 2.45) is 0 Å². The Morgan fingerprint density at radius 1 is 0.941 bits per heavy atom. The molecule has 1 aromatic rings. The van der Waals surface area contributed by atoms with Crippen LogP contribution in [0.4, 0.5) is 10.5 Å². The molecule has 1 heterocycles. The summed E-state index contributed by atoms with van der Waals surface area (Å²) in [5.41, 5.74) is 0.416. The third kappa shape index (κ3) is 1.69. The Bertz CT molecular complexity index is 482. The van der Waals surface area contributed by atoms with Gasteiger partial charge in [0.1, 0.15) is 0 Å². The number of hydrogen-bond donors (Lipinski definition) is 0. The van der Waals surface area contributed by atoms with Crippen molar-refractivity contribution in [2.75, 3.05) is 4.90 Å². The van der Waals surface area contributed by atoms with Gasteiger partial charge in [-0.1, -0.05) is 18.2 Å². The van der Waals surface area contributed by atoms with Crippen LogP contribution in [-0.4, -0.2) is 28.8 Å². The van der Waals surface area contributed by atoms with E-state index in [2.05, 4.69) is 0 Å². The zero-order valence-corrected chi connectivity index (χ0v) is 9.58. The van der Waals surface area contributed by atoms with Crippen LogP contribution in [0.2, 0.25) is 0 Å². The Hall–Kier alpha value is -2.17. The van der Waals surface area contributed by atoms with Crippen molar-refractivity contribution < 1.29 is 14.4 Å². The first-order valence-corrected chi connectivity index (χ1v) is 5.30. The van der Waals surface area contributed by atoms with E-state index < -0.39 is 17.8 Å². The molecule has 0 spiro atoms. The van der Waals surface area contributed by atoms with Crippen molar-refractivity contribution in [2.45, 2.75) is 19.9 Å². The minimum atomic E-state index is -0.796. The molecule has 0 radical (unpaired) electrons. The molecular weight excluding hydrogens is 220 g/mol. The summed E-state index contributed by atoms with van der Waals surface area (Å²) in [6.07, 6.45) is 0. The zero-order valence-electron chi connectivity index (χ0n) is 9.58. The molecular formula is C12H12N2O3. The minimum absolute atomic E-state index is 0.326. The zero-order chi connectivity index (χ0) is 12.6. The lowest BCUT2D eigenvalue weighted by molar-refractivity contribution is -0.140. The van der Waals surface area contributed by atoms with Crippen molar-refractivity contribution in [3.05, 3.63) is 30.3 Å². The number of nitrogens with zero attached hydrogens (tertiary/aromatic N) is 2. The fourth-order valence-electron chi connectivity index (χ4n) is 1.74. The van der Waals surface area contributed by atoms with E-state index in [0.717, 1.165) is 9.80 Å². The molecule has 0 N–H and O–H groups in total. The number of para-hydroxylation sites is 1. The first kappa shape index (κ1) is 11.3. The van der Waals surface area contributed by atoms with Gasteiger partial charge in [0.05, 0.1) is 5.69 Å². The smallest absolute Gasteiger partial charge is 0.263 e. The number of carbonyl (C=O) groups excluding carboxylic acids is 3. The largest absolute Gasteiger partial charge is 0.339 e. The van der Waals surface area contributed by atoms with E-state index in [1.165, 1.54) is 0 Å². The van der Waals surface area contributed by atoms with Gasteiger partial charge in [0.15, 0.2) is 0 Å². The second kappa shape index (κ2) is 4.01. The molecule has 0 bridgehead atoms. The third-order valence-corrected chi connectivity index (χ3v) is 2.53. The van der Waals surface area contributed by atoms with Gasteiger partial charge in [-0.2, -0.15) is 0 Å². The van der Waals surface area contributed by atoms with Crippen LogP contribution < -0.4 is 4.90 Å². The van der Waals surface area contributed by atoms with Crippen LogP contribution in [0.1, 0.15) is 13.8 Å². The minimum Gasteiger partial charge on any atom is -0.263 e. The van der Waals surface area contributed by atoms with Gasteiger partial charge in [0.25, 0.3) is 0 Å². The first-order valence-electron chi connectivity index (χ1n) is 5.30. The molecule has 1 fully saturated rings. The Morgan fingerprint density at radius 3 is 2.00 bits per heavy atom. The van der Waals surface area contributed by atoms with Crippen LogP contribution >= 0.6 is 0 Å². The molecule has 0 atom stereocenters. The number of benzene rings is 1. The van der Waals surface area contributed by atoms with Gasteiger partial charge in [-0.15, -0.1) is 0 Å².